The Balaban J connectivity index is 1.75. The van der Waals surface area contributed by atoms with E-state index in [9.17, 15) is 19.2 Å². The van der Waals surface area contributed by atoms with E-state index in [0.717, 1.165) is 17.4 Å². The Morgan fingerprint density at radius 1 is 1.24 bits per heavy atom. The van der Waals surface area contributed by atoms with Gasteiger partial charge in [0, 0.05) is 26.4 Å². The van der Waals surface area contributed by atoms with Crippen LogP contribution in [0.4, 0.5) is 5.95 Å². The first-order valence-corrected chi connectivity index (χ1v) is 10.8. The van der Waals surface area contributed by atoms with Crippen LogP contribution in [0.25, 0.3) is 11.2 Å². The number of likely N-dealkylation sites (tertiary alicyclic amines) is 1. The third-order valence-electron chi connectivity index (χ3n) is 5.63. The molecule has 0 bridgehead atoms. The molecule has 1 amide bonds. The number of hydrogen-bond donors (Lipinski definition) is 1. The number of carbonyl (C=O) groups is 3. The zero-order valence-electron chi connectivity index (χ0n) is 18.4. The van der Waals surface area contributed by atoms with Crippen LogP contribution in [0.3, 0.4) is 0 Å². The molecular formula is C20H26N6O7. The van der Waals surface area contributed by atoms with Gasteiger partial charge in [0.15, 0.2) is 18.0 Å². The summed E-state index contributed by atoms with van der Waals surface area (Å²) in [6, 6.07) is 0. The Bertz CT molecular complexity index is 1140. The van der Waals surface area contributed by atoms with Gasteiger partial charge >= 0.3 is 17.6 Å². The number of ether oxygens (including phenoxy) is 3. The molecule has 2 aromatic rings. The molecular weight excluding hydrogens is 436 g/mol. The van der Waals surface area contributed by atoms with E-state index < -0.39 is 36.3 Å². The monoisotopic (exact) mass is 462 g/mol. The molecule has 2 fully saturated rings. The molecule has 2 saturated heterocycles. The van der Waals surface area contributed by atoms with E-state index in [1.54, 1.807) is 11.8 Å². The van der Waals surface area contributed by atoms with Crippen LogP contribution in [0.2, 0.25) is 0 Å². The second-order valence-electron chi connectivity index (χ2n) is 7.95. The molecule has 4 heterocycles. The van der Waals surface area contributed by atoms with Crippen molar-refractivity contribution in [1.29, 1.82) is 0 Å². The van der Waals surface area contributed by atoms with Gasteiger partial charge in [0.2, 0.25) is 18.1 Å². The Labute approximate surface area is 188 Å². The lowest BCUT2D eigenvalue weighted by Gasteiger charge is -2.19. The van der Waals surface area contributed by atoms with Gasteiger partial charge in [-0.3, -0.25) is 19.0 Å². The van der Waals surface area contributed by atoms with Crippen LogP contribution in [0.1, 0.15) is 45.8 Å². The summed E-state index contributed by atoms with van der Waals surface area (Å²) in [6.45, 7) is 3.92. The molecule has 13 heteroatoms. The van der Waals surface area contributed by atoms with E-state index in [2.05, 4.69) is 9.97 Å². The van der Waals surface area contributed by atoms with Crippen LogP contribution in [0.5, 0.6) is 0 Å². The Morgan fingerprint density at radius 2 is 1.97 bits per heavy atom. The number of rotatable bonds is 6. The average molecular weight is 462 g/mol. The molecule has 0 aliphatic carbocycles. The first-order chi connectivity index (χ1) is 15.8. The summed E-state index contributed by atoms with van der Waals surface area (Å²) in [5.74, 6) is -1.38. The fraction of sp³-hybridized carbons (Fsp3) is 0.600. The molecule has 0 saturated carbocycles. The number of esters is 2. The van der Waals surface area contributed by atoms with Crippen molar-refractivity contribution in [1.82, 2.24) is 24.0 Å². The van der Waals surface area contributed by atoms with E-state index in [4.69, 9.17) is 19.9 Å². The zero-order chi connectivity index (χ0) is 23.7. The average Bonchev–Trinajstić information content (AvgIpc) is 3.47. The van der Waals surface area contributed by atoms with Gasteiger partial charge in [-0.15, -0.1) is 0 Å². The van der Waals surface area contributed by atoms with Gasteiger partial charge in [-0.1, -0.05) is 6.92 Å². The van der Waals surface area contributed by atoms with Gasteiger partial charge in [0.25, 0.3) is 0 Å². The molecule has 178 valence electrons. The summed E-state index contributed by atoms with van der Waals surface area (Å²) < 4.78 is 18.8. The van der Waals surface area contributed by atoms with Crippen LogP contribution in [-0.2, 0) is 35.1 Å². The van der Waals surface area contributed by atoms with E-state index in [1.165, 1.54) is 17.7 Å². The maximum Gasteiger partial charge on any atom is 0.333 e. The lowest BCUT2D eigenvalue weighted by Crippen LogP contribution is -2.37. The topological polar surface area (TPSA) is 161 Å². The standard InChI is InChI=1S/C20H26N6O7/c1-3-15(29)32-16-8-13(31-11(2)27)18(33-16)26-17-12(9-22-19(21)23-17)25(20(26)30)10-14(28)24-6-4-5-7-24/h9,13,16,18H,3-8,10H2,1-2H3,(H2,21,22,23)/t13-,16-,18-/m1/s1. The summed E-state index contributed by atoms with van der Waals surface area (Å²) in [5, 5.41) is 0. The maximum atomic E-state index is 13.5. The third kappa shape index (κ3) is 4.53. The smallest absolute Gasteiger partial charge is 0.333 e. The molecule has 2 aromatic heterocycles. The highest BCUT2D eigenvalue weighted by molar-refractivity contribution is 5.79. The summed E-state index contributed by atoms with van der Waals surface area (Å²) in [4.78, 5) is 59.5. The van der Waals surface area contributed by atoms with E-state index in [-0.39, 0.29) is 42.4 Å². The lowest BCUT2D eigenvalue weighted by atomic mass is 10.2. The number of hydrogen-bond acceptors (Lipinski definition) is 10. The number of amides is 1. The first kappa shape index (κ1) is 22.7. The number of carbonyl (C=O) groups excluding carboxylic acids is 3. The van der Waals surface area contributed by atoms with Gasteiger partial charge in [-0.2, -0.15) is 4.98 Å². The van der Waals surface area contributed by atoms with Crippen molar-refractivity contribution in [3.63, 3.8) is 0 Å². The van der Waals surface area contributed by atoms with Crippen molar-refractivity contribution in [2.45, 2.75) is 64.7 Å². The van der Waals surface area contributed by atoms with Crippen LogP contribution in [0, 0.1) is 0 Å². The van der Waals surface area contributed by atoms with Crippen molar-refractivity contribution >= 4 is 35.0 Å². The first-order valence-electron chi connectivity index (χ1n) is 10.8. The molecule has 0 unspecified atom stereocenters. The number of anilines is 1. The molecule has 4 rings (SSSR count). The Hall–Kier alpha value is -3.48. The number of nitrogens with zero attached hydrogens (tertiary/aromatic N) is 5. The highest BCUT2D eigenvalue weighted by Gasteiger charge is 2.43. The predicted octanol–water partition coefficient (Wildman–Crippen LogP) is -0.0725. The van der Waals surface area contributed by atoms with E-state index in [1.807, 2.05) is 0 Å². The normalized spacial score (nSPS) is 22.6. The summed E-state index contributed by atoms with van der Waals surface area (Å²) >= 11 is 0. The molecule has 0 radical (unpaired) electrons. The molecule has 0 spiro atoms. The minimum absolute atomic E-state index is 0.0301. The fourth-order valence-electron chi connectivity index (χ4n) is 4.11. The number of imidazole rings is 1. The lowest BCUT2D eigenvalue weighted by molar-refractivity contribution is -0.183. The third-order valence-corrected chi connectivity index (χ3v) is 5.63. The second kappa shape index (κ2) is 9.17. The number of fused-ring (bicyclic) bond motifs is 1. The molecule has 33 heavy (non-hydrogen) atoms. The second-order valence-corrected chi connectivity index (χ2v) is 7.95. The maximum absolute atomic E-state index is 13.5. The molecule has 13 nitrogen and oxygen atoms in total. The minimum Gasteiger partial charge on any atom is -0.457 e. The quantitative estimate of drug-likeness (QED) is 0.575. The largest absolute Gasteiger partial charge is 0.457 e. The van der Waals surface area contributed by atoms with Crippen molar-refractivity contribution in [3.05, 3.63) is 16.7 Å². The molecule has 2 N–H and O–H groups in total. The van der Waals surface area contributed by atoms with Gasteiger partial charge < -0.3 is 24.8 Å². The van der Waals surface area contributed by atoms with Gasteiger partial charge in [0.1, 0.15) is 12.1 Å². The summed E-state index contributed by atoms with van der Waals surface area (Å²) in [7, 11) is 0. The van der Waals surface area contributed by atoms with E-state index in [0.29, 0.717) is 13.1 Å². The zero-order valence-corrected chi connectivity index (χ0v) is 18.4. The Morgan fingerprint density at radius 3 is 2.64 bits per heavy atom. The SMILES string of the molecule is CCC(=O)O[C@H]1C[C@@H](OC(C)=O)[C@H](n2c(=O)n(CC(=O)N3CCCC3)c3cnc(N)nc32)O1. The number of nitrogen functional groups attached to an aromatic ring is 1. The molecule has 2 aliphatic heterocycles. The Kier molecular flexibility index (Phi) is 6.31. The molecule has 2 aliphatic rings. The highest BCUT2D eigenvalue weighted by atomic mass is 16.7. The van der Waals surface area contributed by atoms with Crippen molar-refractivity contribution in [3.8, 4) is 0 Å². The van der Waals surface area contributed by atoms with E-state index >= 15 is 0 Å². The number of aromatic nitrogens is 4. The van der Waals surface area contributed by atoms with Crippen LogP contribution >= 0.6 is 0 Å². The number of nitrogens with two attached hydrogens (primary N) is 1. The molecule has 3 atom stereocenters. The van der Waals surface area contributed by atoms with Gasteiger partial charge in [0.05, 0.1) is 12.6 Å². The van der Waals surface area contributed by atoms with Crippen molar-refractivity contribution < 1.29 is 28.6 Å². The minimum atomic E-state index is -1.14. The van der Waals surface area contributed by atoms with Crippen molar-refractivity contribution in [2.24, 2.45) is 0 Å². The fourth-order valence-corrected chi connectivity index (χ4v) is 4.11. The highest BCUT2D eigenvalue weighted by Crippen LogP contribution is 2.33. The summed E-state index contributed by atoms with van der Waals surface area (Å²) in [6.07, 6.45) is 0.252. The van der Waals surface area contributed by atoms with Gasteiger partial charge in [-0.05, 0) is 12.8 Å². The van der Waals surface area contributed by atoms with Crippen LogP contribution < -0.4 is 11.4 Å². The summed E-state index contributed by atoms with van der Waals surface area (Å²) in [5.41, 5.74) is 5.55. The van der Waals surface area contributed by atoms with Gasteiger partial charge in [-0.25, -0.2) is 14.3 Å². The molecule has 0 aromatic carbocycles. The van der Waals surface area contributed by atoms with Crippen LogP contribution in [-0.4, -0.2) is 67.3 Å². The van der Waals surface area contributed by atoms with Crippen LogP contribution in [0.15, 0.2) is 11.0 Å². The van der Waals surface area contributed by atoms with Crippen molar-refractivity contribution in [2.75, 3.05) is 18.8 Å². The predicted molar refractivity (Wildman–Crippen MR) is 112 cm³/mol.